The van der Waals surface area contributed by atoms with E-state index in [2.05, 4.69) is 10.3 Å². The van der Waals surface area contributed by atoms with Crippen molar-refractivity contribution in [3.63, 3.8) is 0 Å². The summed E-state index contributed by atoms with van der Waals surface area (Å²) in [5.41, 5.74) is -0.00870. The molecule has 1 aromatic carbocycles. The first kappa shape index (κ1) is 24.3. The number of rotatable bonds is 7. The molecule has 0 aliphatic carbocycles. The third-order valence-corrected chi connectivity index (χ3v) is 5.90. The first-order chi connectivity index (χ1) is 16.9. The van der Waals surface area contributed by atoms with Gasteiger partial charge < -0.3 is 19.9 Å². The highest BCUT2D eigenvalue weighted by Gasteiger charge is 2.33. The second kappa shape index (κ2) is 10.6. The predicted molar refractivity (Wildman–Crippen MR) is 125 cm³/mol. The van der Waals surface area contributed by atoms with Crippen LogP contribution in [0.1, 0.15) is 6.42 Å². The number of nitrogens with one attached hydrogen (secondary N) is 2. The van der Waals surface area contributed by atoms with Crippen LogP contribution in [-0.2, 0) is 9.53 Å². The summed E-state index contributed by atoms with van der Waals surface area (Å²) in [7, 11) is 1.73. The summed E-state index contributed by atoms with van der Waals surface area (Å²) in [6.07, 6.45) is 5.53. The molecule has 0 radical (unpaired) electrons. The van der Waals surface area contributed by atoms with Gasteiger partial charge in [-0.25, -0.2) is 18.6 Å². The molecule has 12 heteroatoms. The van der Waals surface area contributed by atoms with Gasteiger partial charge in [0.25, 0.3) is 0 Å². The van der Waals surface area contributed by atoms with E-state index in [1.807, 2.05) is 0 Å². The van der Waals surface area contributed by atoms with Crippen LogP contribution < -0.4 is 20.7 Å². The Morgan fingerprint density at radius 3 is 2.63 bits per heavy atom. The topological polar surface area (TPSA) is 107 Å². The molecule has 0 saturated carbocycles. The third kappa shape index (κ3) is 5.48. The van der Waals surface area contributed by atoms with Crippen LogP contribution in [0.15, 0.2) is 36.7 Å². The van der Waals surface area contributed by atoms with Crippen LogP contribution in [0, 0.1) is 17.0 Å². The highest BCUT2D eigenvalue weighted by Crippen LogP contribution is 2.31. The van der Waals surface area contributed by atoms with Gasteiger partial charge in [-0.05, 0) is 13.1 Å². The van der Waals surface area contributed by atoms with Gasteiger partial charge in [-0.2, -0.15) is 0 Å². The fourth-order valence-electron chi connectivity index (χ4n) is 4.15. The molecule has 2 fully saturated rings. The quantitative estimate of drug-likeness (QED) is 0.612. The zero-order valence-electron chi connectivity index (χ0n) is 19.3. The minimum Gasteiger partial charge on any atom is -0.443 e. The van der Waals surface area contributed by atoms with E-state index in [0.29, 0.717) is 19.6 Å². The van der Waals surface area contributed by atoms with E-state index in [4.69, 9.17) is 10.1 Å². The molecule has 2 saturated heterocycles. The van der Waals surface area contributed by atoms with Gasteiger partial charge in [-0.1, -0.05) is 6.08 Å². The van der Waals surface area contributed by atoms with Gasteiger partial charge in [0, 0.05) is 69.9 Å². The largest absolute Gasteiger partial charge is 0.443 e. The Labute approximate surface area is 200 Å². The van der Waals surface area contributed by atoms with E-state index < -0.39 is 23.8 Å². The number of hydrogen-bond donors (Lipinski definition) is 2. The lowest BCUT2D eigenvalue weighted by atomic mass is 10.2. The highest BCUT2D eigenvalue weighted by molar-refractivity contribution is 5.90. The first-order valence-corrected chi connectivity index (χ1v) is 11.3. The number of nitrogens with zero attached hydrogens (tertiary/aromatic N) is 5. The van der Waals surface area contributed by atoms with Crippen LogP contribution in [0.2, 0.25) is 0 Å². The van der Waals surface area contributed by atoms with E-state index >= 15 is 0 Å². The number of aromatic nitrogens is 2. The fourth-order valence-corrected chi connectivity index (χ4v) is 4.15. The fraction of sp³-hybridized carbons (Fsp3) is 0.391. The van der Waals surface area contributed by atoms with E-state index in [1.54, 1.807) is 41.4 Å². The zero-order chi connectivity index (χ0) is 24.9. The second-order valence-electron chi connectivity index (χ2n) is 8.24. The number of cyclic esters (lactones) is 1. The van der Waals surface area contributed by atoms with Gasteiger partial charge in [0.05, 0.1) is 12.2 Å². The summed E-state index contributed by atoms with van der Waals surface area (Å²) < 4.78 is 36.6. The van der Waals surface area contributed by atoms with Gasteiger partial charge in [0.2, 0.25) is 11.5 Å². The van der Waals surface area contributed by atoms with Crippen LogP contribution in [0.5, 0.6) is 0 Å². The van der Waals surface area contributed by atoms with Crippen LogP contribution in [0.4, 0.5) is 25.0 Å². The van der Waals surface area contributed by atoms with Gasteiger partial charge in [0.15, 0.2) is 11.6 Å². The Hall–Kier alpha value is -3.80. The molecule has 2 aliphatic heterocycles. The van der Waals surface area contributed by atoms with Crippen molar-refractivity contribution in [2.75, 3.05) is 56.1 Å². The van der Waals surface area contributed by atoms with Crippen LogP contribution in [-0.4, -0.2) is 78.9 Å². The van der Waals surface area contributed by atoms with Gasteiger partial charge in [0.1, 0.15) is 11.8 Å². The summed E-state index contributed by atoms with van der Waals surface area (Å²) >= 11 is 0. The molecule has 1 atom stereocenters. The number of hydrogen-bond acceptors (Lipinski definition) is 7. The van der Waals surface area contributed by atoms with E-state index in [-0.39, 0.29) is 49.0 Å². The lowest BCUT2D eigenvalue weighted by molar-refractivity contribution is -0.130. The monoisotopic (exact) mass is 487 g/mol. The number of anilines is 2. The van der Waals surface area contributed by atoms with Crippen molar-refractivity contribution in [2.24, 2.45) is 0 Å². The Morgan fingerprint density at radius 2 is 1.97 bits per heavy atom. The van der Waals surface area contributed by atoms with Gasteiger partial charge in [-0.3, -0.25) is 19.7 Å². The average Bonchev–Trinajstić information content (AvgIpc) is 3.20. The SMILES string of the molecule is CNCC1CN(c2cc(F)c(N3CCN(C(=O)C/C=C/n4cccnc4=N)CC3)c(F)c2)C(=O)O1. The molecule has 0 bridgehead atoms. The van der Waals surface area contributed by atoms with E-state index in [0.717, 1.165) is 12.1 Å². The van der Waals surface area contributed by atoms with Crippen molar-refractivity contribution in [1.29, 1.82) is 5.41 Å². The molecule has 0 spiro atoms. The van der Waals surface area contributed by atoms with Crippen LogP contribution >= 0.6 is 0 Å². The molecule has 186 valence electrons. The predicted octanol–water partition coefficient (Wildman–Crippen LogP) is 1.39. The smallest absolute Gasteiger partial charge is 0.414 e. The molecule has 35 heavy (non-hydrogen) atoms. The number of benzene rings is 1. The van der Waals surface area contributed by atoms with Gasteiger partial charge in [-0.15, -0.1) is 0 Å². The first-order valence-electron chi connectivity index (χ1n) is 11.3. The number of halogens is 2. The lowest BCUT2D eigenvalue weighted by Crippen LogP contribution is -2.49. The van der Waals surface area contributed by atoms with Crippen molar-refractivity contribution >= 4 is 29.6 Å². The Morgan fingerprint density at radius 1 is 1.26 bits per heavy atom. The van der Waals surface area contributed by atoms with E-state index in [1.165, 1.54) is 15.7 Å². The molecule has 2 amide bonds. The molecule has 1 unspecified atom stereocenters. The van der Waals surface area contributed by atoms with Gasteiger partial charge >= 0.3 is 6.09 Å². The van der Waals surface area contributed by atoms with Crippen LogP contribution in [0.3, 0.4) is 0 Å². The summed E-state index contributed by atoms with van der Waals surface area (Å²) in [5.74, 6) is -1.66. The summed E-state index contributed by atoms with van der Waals surface area (Å²) in [6, 6.07) is 3.96. The average molecular weight is 488 g/mol. The molecular weight excluding hydrogens is 460 g/mol. The Bertz CT molecular complexity index is 1150. The van der Waals surface area contributed by atoms with Crippen LogP contribution in [0.25, 0.3) is 6.20 Å². The zero-order valence-corrected chi connectivity index (χ0v) is 19.3. The minimum atomic E-state index is -0.771. The number of carbonyl (C=O) groups excluding carboxylic acids is 2. The van der Waals surface area contributed by atoms with Crippen molar-refractivity contribution in [3.8, 4) is 0 Å². The normalized spacial score (nSPS) is 18.4. The van der Waals surface area contributed by atoms with Crippen molar-refractivity contribution < 1.29 is 23.1 Å². The standard InChI is InChI=1S/C23H27F2N7O3/c1-27-14-17-15-32(23(34)35-17)16-12-18(24)21(19(25)13-16)30-10-8-29(9-11-30)20(33)4-2-6-31-7-3-5-28-22(31)26/h2-3,5-7,12-13,17,26-27H,4,8-11,14-15H2,1H3/b6-2+,26-22?. The molecule has 2 N–H and O–H groups in total. The molecule has 2 aromatic rings. The molecule has 2 aliphatic rings. The Balaban J connectivity index is 1.36. The third-order valence-electron chi connectivity index (χ3n) is 5.90. The number of piperazine rings is 1. The number of ether oxygens (including phenoxy) is 1. The van der Waals surface area contributed by atoms with Crippen molar-refractivity contribution in [1.82, 2.24) is 19.8 Å². The summed E-state index contributed by atoms with van der Waals surface area (Å²) in [6.45, 7) is 1.83. The highest BCUT2D eigenvalue weighted by atomic mass is 19.1. The molecule has 4 rings (SSSR count). The van der Waals surface area contributed by atoms with Crippen molar-refractivity contribution in [2.45, 2.75) is 12.5 Å². The molecule has 1 aromatic heterocycles. The number of carbonyl (C=O) groups is 2. The molecule has 10 nitrogen and oxygen atoms in total. The molecular formula is C23H27F2N7O3. The van der Waals surface area contributed by atoms with Crippen molar-refractivity contribution in [3.05, 3.63) is 53.9 Å². The number of likely N-dealkylation sites (N-methyl/N-ethyl adjacent to an activating group) is 1. The molecule has 3 heterocycles. The van der Waals surface area contributed by atoms with E-state index in [9.17, 15) is 18.4 Å². The maximum absolute atomic E-state index is 15.0. The maximum atomic E-state index is 15.0. The Kier molecular flexibility index (Phi) is 7.39. The number of amides is 2. The lowest BCUT2D eigenvalue weighted by Gasteiger charge is -2.36. The maximum Gasteiger partial charge on any atom is 0.414 e. The summed E-state index contributed by atoms with van der Waals surface area (Å²) in [4.78, 5) is 32.9. The summed E-state index contributed by atoms with van der Waals surface area (Å²) in [5, 5.41) is 10.6. The minimum absolute atomic E-state index is 0.0549. The second-order valence-corrected chi connectivity index (χ2v) is 8.24.